The largest absolute Gasteiger partial charge is 0.495 e. The third-order valence-electron chi connectivity index (χ3n) is 5.15. The standard InChI is InChI=1S/C21H26N4O4/c1-16-15-17(25(27)28)7-8-18(16)22-21(26)9-10-23-11-13-24(14-12-23)19-5-3-4-6-20(19)29-2/h3-8,15H,9-14H2,1-2H3,(H,22,26). The molecule has 1 aliphatic rings. The number of carbonyl (C=O) groups excluding carboxylic acids is 1. The van der Waals surface area contributed by atoms with Crippen LogP contribution in [0, 0.1) is 17.0 Å². The molecule has 1 aliphatic heterocycles. The first kappa shape index (κ1) is 20.6. The third-order valence-corrected chi connectivity index (χ3v) is 5.15. The van der Waals surface area contributed by atoms with Gasteiger partial charge in [-0.05, 0) is 30.7 Å². The lowest BCUT2D eigenvalue weighted by molar-refractivity contribution is -0.384. The fourth-order valence-electron chi connectivity index (χ4n) is 3.48. The molecule has 0 aromatic heterocycles. The molecule has 1 saturated heterocycles. The molecule has 29 heavy (non-hydrogen) atoms. The Kier molecular flexibility index (Phi) is 6.66. The minimum absolute atomic E-state index is 0.0217. The summed E-state index contributed by atoms with van der Waals surface area (Å²) in [6.45, 7) is 5.94. The summed E-state index contributed by atoms with van der Waals surface area (Å²) in [6.07, 6.45) is 0.380. The van der Waals surface area contributed by atoms with Crippen LogP contribution < -0.4 is 15.0 Å². The van der Waals surface area contributed by atoms with Gasteiger partial charge in [0.15, 0.2) is 0 Å². The van der Waals surface area contributed by atoms with Gasteiger partial charge in [-0.1, -0.05) is 12.1 Å². The van der Waals surface area contributed by atoms with Gasteiger partial charge in [-0.3, -0.25) is 19.8 Å². The second kappa shape index (κ2) is 9.38. The summed E-state index contributed by atoms with van der Waals surface area (Å²) in [5, 5.41) is 13.7. The van der Waals surface area contributed by atoms with E-state index in [1.54, 1.807) is 20.1 Å². The molecule has 1 amide bonds. The minimum atomic E-state index is -0.441. The zero-order valence-corrected chi connectivity index (χ0v) is 16.8. The summed E-state index contributed by atoms with van der Waals surface area (Å²) in [5.74, 6) is 0.785. The first-order valence-electron chi connectivity index (χ1n) is 9.63. The van der Waals surface area contributed by atoms with Gasteiger partial charge >= 0.3 is 0 Å². The number of methoxy groups -OCH3 is 1. The average molecular weight is 398 g/mol. The van der Waals surface area contributed by atoms with Crippen molar-refractivity contribution in [2.45, 2.75) is 13.3 Å². The van der Waals surface area contributed by atoms with Gasteiger partial charge in [0.1, 0.15) is 5.75 Å². The van der Waals surface area contributed by atoms with Crippen molar-refractivity contribution in [3.8, 4) is 5.75 Å². The lowest BCUT2D eigenvalue weighted by Crippen LogP contribution is -2.47. The summed E-state index contributed by atoms with van der Waals surface area (Å²) < 4.78 is 5.45. The molecule has 0 saturated carbocycles. The molecule has 0 unspecified atom stereocenters. The van der Waals surface area contributed by atoms with Gasteiger partial charge in [-0.25, -0.2) is 0 Å². The van der Waals surface area contributed by atoms with Crippen molar-refractivity contribution in [1.82, 2.24) is 4.90 Å². The number of nitro benzene ring substituents is 1. The highest BCUT2D eigenvalue weighted by Crippen LogP contribution is 2.28. The molecular formula is C21H26N4O4. The molecule has 154 valence electrons. The van der Waals surface area contributed by atoms with Gasteiger partial charge < -0.3 is 15.0 Å². The van der Waals surface area contributed by atoms with E-state index in [4.69, 9.17) is 4.74 Å². The fraction of sp³-hybridized carbons (Fsp3) is 0.381. The third kappa shape index (κ3) is 5.23. The maximum atomic E-state index is 12.3. The Hall–Kier alpha value is -3.13. The maximum absolute atomic E-state index is 12.3. The summed E-state index contributed by atoms with van der Waals surface area (Å²) >= 11 is 0. The molecule has 8 nitrogen and oxygen atoms in total. The number of non-ortho nitro benzene ring substituents is 1. The number of amides is 1. The topological polar surface area (TPSA) is 88.0 Å². The van der Waals surface area contributed by atoms with Crippen LogP contribution in [0.4, 0.5) is 17.1 Å². The highest BCUT2D eigenvalue weighted by atomic mass is 16.6. The van der Waals surface area contributed by atoms with Crippen LogP contribution >= 0.6 is 0 Å². The average Bonchev–Trinajstić information content (AvgIpc) is 2.74. The van der Waals surface area contributed by atoms with E-state index in [1.165, 1.54) is 12.1 Å². The van der Waals surface area contributed by atoms with Gasteiger partial charge in [-0.15, -0.1) is 0 Å². The number of hydrogen-bond acceptors (Lipinski definition) is 6. The summed E-state index contributed by atoms with van der Waals surface area (Å²) in [6, 6.07) is 12.4. The van der Waals surface area contributed by atoms with E-state index in [0.29, 0.717) is 24.2 Å². The number of benzene rings is 2. The summed E-state index contributed by atoms with van der Waals surface area (Å²) in [5.41, 5.74) is 2.41. The molecule has 2 aromatic rings. The normalized spacial score (nSPS) is 14.5. The van der Waals surface area contributed by atoms with Crippen molar-refractivity contribution >= 4 is 23.0 Å². The summed E-state index contributed by atoms with van der Waals surface area (Å²) in [7, 11) is 1.68. The monoisotopic (exact) mass is 398 g/mol. The van der Waals surface area contributed by atoms with Crippen molar-refractivity contribution < 1.29 is 14.5 Å². The van der Waals surface area contributed by atoms with Crippen LogP contribution in [0.5, 0.6) is 5.75 Å². The lowest BCUT2D eigenvalue weighted by atomic mass is 10.1. The van der Waals surface area contributed by atoms with E-state index < -0.39 is 4.92 Å². The smallest absolute Gasteiger partial charge is 0.269 e. The van der Waals surface area contributed by atoms with Crippen LogP contribution in [0.15, 0.2) is 42.5 Å². The Morgan fingerprint density at radius 2 is 1.90 bits per heavy atom. The van der Waals surface area contributed by atoms with Crippen molar-refractivity contribution in [1.29, 1.82) is 0 Å². The quantitative estimate of drug-likeness (QED) is 0.570. The fourth-order valence-corrected chi connectivity index (χ4v) is 3.48. The molecular weight excluding hydrogens is 372 g/mol. The Labute approximate surface area is 170 Å². The Morgan fingerprint density at radius 1 is 1.17 bits per heavy atom. The summed E-state index contributed by atoms with van der Waals surface area (Å²) in [4.78, 5) is 27.2. The number of nitrogens with one attached hydrogen (secondary N) is 1. The van der Waals surface area contributed by atoms with E-state index in [1.807, 2.05) is 18.2 Å². The first-order valence-corrected chi connectivity index (χ1v) is 9.63. The predicted molar refractivity (Wildman–Crippen MR) is 113 cm³/mol. The number of rotatable bonds is 7. The molecule has 2 aromatic carbocycles. The molecule has 0 bridgehead atoms. The lowest BCUT2D eigenvalue weighted by Gasteiger charge is -2.36. The number of ether oxygens (including phenoxy) is 1. The second-order valence-corrected chi connectivity index (χ2v) is 7.06. The van der Waals surface area contributed by atoms with Crippen LogP contribution in [0.2, 0.25) is 0 Å². The zero-order chi connectivity index (χ0) is 20.8. The van der Waals surface area contributed by atoms with Gasteiger partial charge in [-0.2, -0.15) is 0 Å². The number of anilines is 2. The predicted octanol–water partition coefficient (Wildman–Crippen LogP) is 3.06. The second-order valence-electron chi connectivity index (χ2n) is 7.06. The van der Waals surface area contributed by atoms with Crippen LogP contribution in [0.1, 0.15) is 12.0 Å². The SMILES string of the molecule is COc1ccccc1N1CCN(CCC(=O)Nc2ccc([N+](=O)[O-])cc2C)CC1. The molecule has 1 heterocycles. The first-order chi connectivity index (χ1) is 14.0. The van der Waals surface area contributed by atoms with Crippen molar-refractivity contribution in [2.24, 2.45) is 0 Å². The van der Waals surface area contributed by atoms with Crippen molar-refractivity contribution in [2.75, 3.05) is 50.1 Å². The van der Waals surface area contributed by atoms with Crippen LogP contribution in [0.25, 0.3) is 0 Å². The van der Waals surface area contributed by atoms with Crippen LogP contribution in [-0.4, -0.2) is 55.6 Å². The van der Waals surface area contributed by atoms with Crippen LogP contribution in [-0.2, 0) is 4.79 Å². The van der Waals surface area contributed by atoms with Gasteiger partial charge in [0, 0.05) is 57.0 Å². The number of nitro groups is 1. The molecule has 0 aliphatic carbocycles. The van der Waals surface area contributed by atoms with E-state index in [-0.39, 0.29) is 11.6 Å². The molecule has 8 heteroatoms. The number of hydrogen-bond donors (Lipinski definition) is 1. The van der Waals surface area contributed by atoms with E-state index in [9.17, 15) is 14.9 Å². The highest BCUT2D eigenvalue weighted by Gasteiger charge is 2.20. The molecule has 0 spiro atoms. The number of nitrogens with zero attached hydrogens (tertiary/aromatic N) is 3. The molecule has 3 rings (SSSR count). The van der Waals surface area contributed by atoms with Crippen molar-refractivity contribution in [3.05, 3.63) is 58.1 Å². The number of carbonyl (C=O) groups is 1. The molecule has 0 radical (unpaired) electrons. The minimum Gasteiger partial charge on any atom is -0.495 e. The molecule has 1 N–H and O–H groups in total. The Balaban J connectivity index is 1.47. The molecule has 1 fully saturated rings. The Morgan fingerprint density at radius 3 is 2.55 bits per heavy atom. The zero-order valence-electron chi connectivity index (χ0n) is 16.8. The Bertz CT molecular complexity index is 879. The number of piperazine rings is 1. The number of para-hydroxylation sites is 2. The van der Waals surface area contributed by atoms with E-state index in [0.717, 1.165) is 37.6 Å². The van der Waals surface area contributed by atoms with E-state index in [2.05, 4.69) is 21.2 Å². The highest BCUT2D eigenvalue weighted by molar-refractivity contribution is 5.91. The number of aryl methyl sites for hydroxylation is 1. The van der Waals surface area contributed by atoms with Gasteiger partial charge in [0.2, 0.25) is 5.91 Å². The maximum Gasteiger partial charge on any atom is 0.269 e. The van der Waals surface area contributed by atoms with Gasteiger partial charge in [0.25, 0.3) is 5.69 Å². The van der Waals surface area contributed by atoms with Gasteiger partial charge in [0.05, 0.1) is 17.7 Å². The molecule has 0 atom stereocenters. The van der Waals surface area contributed by atoms with E-state index >= 15 is 0 Å². The van der Waals surface area contributed by atoms with Crippen molar-refractivity contribution in [3.63, 3.8) is 0 Å². The van der Waals surface area contributed by atoms with Crippen LogP contribution in [0.3, 0.4) is 0 Å².